The summed E-state index contributed by atoms with van der Waals surface area (Å²) >= 11 is 1.61. The predicted molar refractivity (Wildman–Crippen MR) is 89.1 cm³/mol. The Morgan fingerprint density at radius 2 is 1.96 bits per heavy atom. The lowest BCUT2D eigenvalue weighted by molar-refractivity contribution is -0.121. The highest BCUT2D eigenvalue weighted by atomic mass is 32.1. The van der Waals surface area contributed by atoms with Crippen LogP contribution >= 0.6 is 11.3 Å². The molecule has 0 saturated heterocycles. The Morgan fingerprint density at radius 3 is 2.65 bits per heavy atom. The van der Waals surface area contributed by atoms with Crippen molar-refractivity contribution in [1.82, 2.24) is 10.6 Å². The van der Waals surface area contributed by atoms with Crippen molar-refractivity contribution in [1.29, 1.82) is 0 Å². The Balaban J connectivity index is 1.65. The maximum Gasteiger partial charge on any atom is 0.251 e. The number of carbonyl (C=O) groups excluding carboxylic acids is 2. The number of thiophene rings is 1. The lowest BCUT2D eigenvalue weighted by atomic mass is 10.1. The van der Waals surface area contributed by atoms with Crippen LogP contribution in [-0.2, 0) is 11.2 Å². The molecule has 1 aromatic carbocycles. The highest BCUT2D eigenvalue weighted by Crippen LogP contribution is 2.09. The van der Waals surface area contributed by atoms with Gasteiger partial charge >= 0.3 is 0 Å². The van der Waals surface area contributed by atoms with E-state index in [2.05, 4.69) is 10.6 Å². The van der Waals surface area contributed by atoms with E-state index in [0.29, 0.717) is 31.5 Å². The molecule has 0 bridgehead atoms. The van der Waals surface area contributed by atoms with E-state index >= 15 is 0 Å². The third-order valence-corrected chi connectivity index (χ3v) is 4.12. The number of benzene rings is 1. The van der Waals surface area contributed by atoms with E-state index in [1.807, 2.05) is 16.8 Å². The van der Waals surface area contributed by atoms with Gasteiger partial charge in [-0.15, -0.1) is 0 Å². The summed E-state index contributed by atoms with van der Waals surface area (Å²) in [7, 11) is 0. The summed E-state index contributed by atoms with van der Waals surface area (Å²) in [5.74, 6) is -0.803. The van der Waals surface area contributed by atoms with Gasteiger partial charge in [-0.05, 0) is 53.4 Å². The van der Waals surface area contributed by atoms with Gasteiger partial charge in [-0.3, -0.25) is 9.59 Å². The Bertz CT molecular complexity index is 671. The van der Waals surface area contributed by atoms with E-state index in [0.717, 1.165) is 5.56 Å². The van der Waals surface area contributed by atoms with Crippen molar-refractivity contribution in [3.05, 3.63) is 57.5 Å². The second-order valence-corrected chi connectivity index (χ2v) is 5.98. The zero-order chi connectivity index (χ0) is 16.7. The van der Waals surface area contributed by atoms with Crippen LogP contribution in [0.4, 0.5) is 4.39 Å². The Morgan fingerprint density at radius 1 is 1.17 bits per heavy atom. The van der Waals surface area contributed by atoms with Crippen LogP contribution in [0.25, 0.3) is 0 Å². The highest BCUT2D eigenvalue weighted by molar-refractivity contribution is 7.07. The minimum Gasteiger partial charge on any atom is -0.354 e. The smallest absolute Gasteiger partial charge is 0.251 e. The molecule has 0 saturated carbocycles. The Labute approximate surface area is 138 Å². The maximum atomic E-state index is 13.4. The predicted octanol–water partition coefficient (Wildman–Crippen LogP) is 2.67. The molecular weight excluding hydrogens is 315 g/mol. The third kappa shape index (κ3) is 5.49. The fourth-order valence-electron chi connectivity index (χ4n) is 2.00. The number of amides is 2. The fraction of sp³-hybridized carbons (Fsp3) is 0.294. The topological polar surface area (TPSA) is 58.2 Å². The lowest BCUT2D eigenvalue weighted by Crippen LogP contribution is -2.34. The minimum atomic E-state index is -0.403. The first kappa shape index (κ1) is 17.1. The molecule has 2 N–H and O–H groups in total. The lowest BCUT2D eigenvalue weighted by Gasteiger charge is -2.07. The van der Waals surface area contributed by atoms with Crippen LogP contribution in [0.3, 0.4) is 0 Å². The van der Waals surface area contributed by atoms with Crippen molar-refractivity contribution < 1.29 is 14.0 Å². The molecule has 2 aromatic rings. The van der Waals surface area contributed by atoms with Crippen molar-refractivity contribution in [2.75, 3.05) is 13.1 Å². The molecule has 0 unspecified atom stereocenters. The molecule has 6 heteroatoms. The van der Waals surface area contributed by atoms with E-state index in [9.17, 15) is 14.0 Å². The van der Waals surface area contributed by atoms with E-state index in [4.69, 9.17) is 0 Å². The van der Waals surface area contributed by atoms with Gasteiger partial charge in [0.25, 0.3) is 5.91 Å². The van der Waals surface area contributed by atoms with Gasteiger partial charge in [-0.25, -0.2) is 4.39 Å². The summed E-state index contributed by atoms with van der Waals surface area (Å²) in [6.07, 6.45) is 1.14. The van der Waals surface area contributed by atoms with Crippen LogP contribution in [0, 0.1) is 12.7 Å². The van der Waals surface area contributed by atoms with Crippen molar-refractivity contribution in [2.45, 2.75) is 19.8 Å². The second-order valence-electron chi connectivity index (χ2n) is 5.20. The number of carbonyl (C=O) groups is 2. The van der Waals surface area contributed by atoms with Gasteiger partial charge in [0.05, 0.1) is 0 Å². The van der Waals surface area contributed by atoms with Gasteiger partial charge in [-0.2, -0.15) is 11.3 Å². The molecule has 23 heavy (non-hydrogen) atoms. The number of nitrogens with one attached hydrogen (secondary N) is 2. The summed E-state index contributed by atoms with van der Waals surface area (Å²) in [6.45, 7) is 2.30. The van der Waals surface area contributed by atoms with Gasteiger partial charge in [-0.1, -0.05) is 6.07 Å². The largest absolute Gasteiger partial charge is 0.354 e. The first-order valence-corrected chi connectivity index (χ1v) is 8.32. The van der Waals surface area contributed by atoms with Crippen LogP contribution < -0.4 is 10.6 Å². The molecule has 1 heterocycles. The number of hydrogen-bond acceptors (Lipinski definition) is 3. The van der Waals surface area contributed by atoms with Gasteiger partial charge in [0, 0.05) is 25.1 Å². The van der Waals surface area contributed by atoms with Crippen molar-refractivity contribution >= 4 is 23.2 Å². The molecule has 4 nitrogen and oxygen atoms in total. The standard InChI is InChI=1S/C17H19FN2O2S/c1-12-2-4-14(10-15(12)18)17(22)20-8-7-19-16(21)5-3-13-6-9-23-11-13/h2,4,6,9-11H,3,5,7-8H2,1H3,(H,19,21)(H,20,22). The van der Waals surface area contributed by atoms with Crippen LogP contribution in [-0.4, -0.2) is 24.9 Å². The normalized spacial score (nSPS) is 10.3. The zero-order valence-electron chi connectivity index (χ0n) is 12.9. The van der Waals surface area contributed by atoms with E-state index in [1.54, 1.807) is 30.4 Å². The molecule has 0 aliphatic rings. The SMILES string of the molecule is Cc1ccc(C(=O)NCCNC(=O)CCc2ccsc2)cc1F. The van der Waals surface area contributed by atoms with E-state index in [1.165, 1.54) is 6.07 Å². The van der Waals surface area contributed by atoms with Gasteiger partial charge in [0.15, 0.2) is 0 Å². The van der Waals surface area contributed by atoms with Crippen molar-refractivity contribution in [3.8, 4) is 0 Å². The minimum absolute atomic E-state index is 0.0492. The molecule has 0 atom stereocenters. The van der Waals surface area contributed by atoms with Crippen LogP contribution in [0.5, 0.6) is 0 Å². The van der Waals surface area contributed by atoms with Gasteiger partial charge < -0.3 is 10.6 Å². The molecule has 2 amide bonds. The highest BCUT2D eigenvalue weighted by Gasteiger charge is 2.08. The molecule has 0 radical (unpaired) electrons. The molecule has 122 valence electrons. The fourth-order valence-corrected chi connectivity index (χ4v) is 2.70. The first-order valence-electron chi connectivity index (χ1n) is 7.38. The average Bonchev–Trinajstić information content (AvgIpc) is 3.05. The molecule has 0 aliphatic carbocycles. The number of halogens is 1. The second kappa shape index (κ2) is 8.43. The summed E-state index contributed by atoms with van der Waals surface area (Å²) in [4.78, 5) is 23.5. The van der Waals surface area contributed by atoms with E-state index in [-0.39, 0.29) is 17.4 Å². The summed E-state index contributed by atoms with van der Waals surface area (Å²) in [6, 6.07) is 6.35. The quantitative estimate of drug-likeness (QED) is 0.765. The van der Waals surface area contributed by atoms with Gasteiger partial charge in [0.2, 0.25) is 5.91 Å². The molecule has 1 aromatic heterocycles. The molecule has 0 aliphatic heterocycles. The molecule has 2 rings (SSSR count). The van der Waals surface area contributed by atoms with Crippen molar-refractivity contribution in [3.63, 3.8) is 0 Å². The Kier molecular flexibility index (Phi) is 6.29. The van der Waals surface area contributed by atoms with Crippen LogP contribution in [0.2, 0.25) is 0 Å². The number of rotatable bonds is 7. The average molecular weight is 334 g/mol. The first-order chi connectivity index (χ1) is 11.1. The van der Waals surface area contributed by atoms with Crippen molar-refractivity contribution in [2.24, 2.45) is 0 Å². The van der Waals surface area contributed by atoms with E-state index < -0.39 is 5.82 Å². The van der Waals surface area contributed by atoms with Crippen LogP contribution in [0.15, 0.2) is 35.0 Å². The summed E-state index contributed by atoms with van der Waals surface area (Å²) in [5.41, 5.74) is 1.93. The summed E-state index contributed by atoms with van der Waals surface area (Å²) < 4.78 is 13.4. The summed E-state index contributed by atoms with van der Waals surface area (Å²) in [5, 5.41) is 9.40. The number of hydrogen-bond donors (Lipinski definition) is 2. The monoisotopic (exact) mass is 334 g/mol. The maximum absolute atomic E-state index is 13.4. The Hall–Kier alpha value is -2.21. The third-order valence-electron chi connectivity index (χ3n) is 3.39. The molecular formula is C17H19FN2O2S. The molecule has 0 spiro atoms. The number of aryl methyl sites for hydroxylation is 2. The van der Waals surface area contributed by atoms with Crippen LogP contribution in [0.1, 0.15) is 27.9 Å². The van der Waals surface area contributed by atoms with Gasteiger partial charge in [0.1, 0.15) is 5.82 Å². The molecule has 0 fully saturated rings. The zero-order valence-corrected chi connectivity index (χ0v) is 13.7.